The number of nitrogens with zero attached hydrogens (tertiary/aromatic N) is 1. The van der Waals surface area contributed by atoms with E-state index in [9.17, 15) is 14.4 Å². The molecule has 2 amide bonds. The van der Waals surface area contributed by atoms with E-state index in [-0.39, 0.29) is 0 Å². The van der Waals surface area contributed by atoms with Gasteiger partial charge >= 0.3 is 5.97 Å². The van der Waals surface area contributed by atoms with Crippen LogP contribution in [0.5, 0.6) is 0 Å². The lowest BCUT2D eigenvalue weighted by Gasteiger charge is -2.22. The third kappa shape index (κ3) is 2.41. The summed E-state index contributed by atoms with van der Waals surface area (Å²) in [5.41, 5.74) is 0.614. The lowest BCUT2D eigenvalue weighted by atomic mass is 10.1. The number of imide groups is 1. The first kappa shape index (κ1) is 14.5. The summed E-state index contributed by atoms with van der Waals surface area (Å²) in [5.74, 6) is -1.74. The lowest BCUT2D eigenvalue weighted by molar-refractivity contribution is -0.138. The number of hydrogen-bond acceptors (Lipinski definition) is 4. The Morgan fingerprint density at radius 2 is 1.80 bits per heavy atom. The van der Waals surface area contributed by atoms with Crippen LogP contribution in [0.3, 0.4) is 0 Å². The Kier molecular flexibility index (Phi) is 4.39. The minimum absolute atomic E-state index is 0.307. The first-order valence-corrected chi connectivity index (χ1v) is 6.72. The van der Waals surface area contributed by atoms with Gasteiger partial charge in [0, 0.05) is 0 Å². The molecule has 1 unspecified atom stereocenters. The van der Waals surface area contributed by atoms with Gasteiger partial charge < -0.3 is 4.29 Å². The van der Waals surface area contributed by atoms with Crippen molar-refractivity contribution in [2.75, 3.05) is 0 Å². The molecule has 1 aromatic rings. The SMILES string of the molecule is CCCCC(C(=O)OCl)N1C(=O)c2ccccc2C1=O. The largest absolute Gasteiger partial charge is 0.347 e. The van der Waals surface area contributed by atoms with Crippen LogP contribution in [0.15, 0.2) is 24.3 Å². The van der Waals surface area contributed by atoms with Gasteiger partial charge in [0.05, 0.1) is 11.1 Å². The number of benzene rings is 1. The summed E-state index contributed by atoms with van der Waals surface area (Å²) in [6, 6.07) is 5.51. The summed E-state index contributed by atoms with van der Waals surface area (Å²) in [6.45, 7) is 1.95. The number of carbonyl (C=O) groups is 3. The summed E-state index contributed by atoms with van der Waals surface area (Å²) in [4.78, 5) is 37.3. The van der Waals surface area contributed by atoms with Gasteiger partial charge in [-0.3, -0.25) is 14.5 Å². The van der Waals surface area contributed by atoms with Crippen LogP contribution in [0, 0.1) is 0 Å². The zero-order valence-corrected chi connectivity index (χ0v) is 11.7. The molecule has 0 aromatic heterocycles. The number of amides is 2. The minimum Gasteiger partial charge on any atom is -0.345 e. The van der Waals surface area contributed by atoms with E-state index in [4.69, 9.17) is 11.9 Å². The molecule has 6 heteroatoms. The Morgan fingerprint density at radius 1 is 1.25 bits per heavy atom. The first-order valence-electron chi connectivity index (χ1n) is 6.41. The van der Waals surface area contributed by atoms with Crippen LogP contribution >= 0.6 is 11.9 Å². The molecule has 0 fully saturated rings. The standard InChI is InChI=1S/C14H14ClNO4/c1-2-3-8-11(14(19)20-15)16-12(17)9-6-4-5-7-10(9)13(16)18/h4-7,11H,2-3,8H2,1H3. The fourth-order valence-corrected chi connectivity index (χ4v) is 2.40. The molecular formula is C14H14ClNO4. The molecule has 0 bridgehead atoms. The van der Waals surface area contributed by atoms with Crippen LogP contribution in [0.4, 0.5) is 0 Å². The fraction of sp³-hybridized carbons (Fsp3) is 0.357. The highest BCUT2D eigenvalue weighted by Crippen LogP contribution is 2.26. The van der Waals surface area contributed by atoms with Crippen LogP contribution in [-0.2, 0) is 9.08 Å². The molecule has 1 heterocycles. The van der Waals surface area contributed by atoms with Crippen molar-refractivity contribution in [1.82, 2.24) is 4.90 Å². The van der Waals surface area contributed by atoms with E-state index in [1.54, 1.807) is 24.3 Å². The monoisotopic (exact) mass is 295 g/mol. The van der Waals surface area contributed by atoms with Crippen molar-refractivity contribution < 1.29 is 18.7 Å². The van der Waals surface area contributed by atoms with Gasteiger partial charge in [0.15, 0.2) is 0 Å². The molecule has 0 N–H and O–H groups in total. The maximum atomic E-state index is 12.3. The first-order chi connectivity index (χ1) is 9.61. The third-order valence-electron chi connectivity index (χ3n) is 3.32. The van der Waals surface area contributed by atoms with Crippen molar-refractivity contribution in [2.24, 2.45) is 0 Å². The number of carbonyl (C=O) groups excluding carboxylic acids is 3. The highest BCUT2D eigenvalue weighted by molar-refractivity contribution is 6.23. The van der Waals surface area contributed by atoms with E-state index in [0.29, 0.717) is 24.0 Å². The Bertz CT molecular complexity index is 523. The normalized spacial score (nSPS) is 15.2. The second-order valence-electron chi connectivity index (χ2n) is 4.58. The summed E-state index contributed by atoms with van der Waals surface area (Å²) < 4.78 is 4.20. The Balaban J connectivity index is 2.34. The Hall–Kier alpha value is -1.88. The van der Waals surface area contributed by atoms with Crippen molar-refractivity contribution in [3.8, 4) is 0 Å². The maximum Gasteiger partial charge on any atom is 0.347 e. The number of hydrogen-bond donors (Lipinski definition) is 0. The minimum atomic E-state index is -0.972. The molecule has 0 aliphatic carbocycles. The average molecular weight is 296 g/mol. The van der Waals surface area contributed by atoms with Crippen molar-refractivity contribution >= 4 is 29.6 Å². The van der Waals surface area contributed by atoms with Gasteiger partial charge in [0.2, 0.25) is 0 Å². The molecular weight excluding hydrogens is 282 g/mol. The lowest BCUT2D eigenvalue weighted by Crippen LogP contribution is -2.45. The molecule has 0 saturated carbocycles. The van der Waals surface area contributed by atoms with Crippen LogP contribution in [-0.4, -0.2) is 28.7 Å². The van der Waals surface area contributed by atoms with E-state index in [2.05, 4.69) is 4.29 Å². The zero-order chi connectivity index (χ0) is 14.7. The number of unbranched alkanes of at least 4 members (excludes halogenated alkanes) is 1. The summed E-state index contributed by atoms with van der Waals surface area (Å²) in [7, 11) is 0. The van der Waals surface area contributed by atoms with Crippen molar-refractivity contribution in [1.29, 1.82) is 0 Å². The molecule has 106 valence electrons. The number of fused-ring (bicyclic) bond motifs is 1. The predicted octanol–water partition coefficient (Wildman–Crippen LogP) is 2.54. The number of halogens is 1. The second kappa shape index (κ2) is 6.05. The molecule has 0 spiro atoms. The molecule has 20 heavy (non-hydrogen) atoms. The smallest absolute Gasteiger partial charge is 0.345 e. The number of rotatable bonds is 5. The fourth-order valence-electron chi connectivity index (χ4n) is 2.29. The maximum absolute atomic E-state index is 12.3. The van der Waals surface area contributed by atoms with Gasteiger partial charge in [-0.05, 0) is 18.6 Å². The molecule has 1 aromatic carbocycles. The Labute approximate surface area is 121 Å². The van der Waals surface area contributed by atoms with Crippen molar-refractivity contribution in [3.63, 3.8) is 0 Å². The topological polar surface area (TPSA) is 63.7 Å². The van der Waals surface area contributed by atoms with Gasteiger partial charge in [-0.25, -0.2) is 4.79 Å². The molecule has 2 rings (SSSR count). The van der Waals surface area contributed by atoms with Crippen LogP contribution in [0.2, 0.25) is 0 Å². The van der Waals surface area contributed by atoms with E-state index in [0.717, 1.165) is 11.3 Å². The molecule has 1 atom stereocenters. The van der Waals surface area contributed by atoms with Gasteiger partial charge in [0.25, 0.3) is 11.8 Å². The van der Waals surface area contributed by atoms with Crippen LogP contribution < -0.4 is 0 Å². The third-order valence-corrected chi connectivity index (χ3v) is 3.47. The highest BCUT2D eigenvalue weighted by Gasteiger charge is 2.43. The van der Waals surface area contributed by atoms with Gasteiger partial charge in [-0.15, -0.1) is 0 Å². The average Bonchev–Trinajstić information content (AvgIpc) is 2.73. The second-order valence-corrected chi connectivity index (χ2v) is 4.73. The molecule has 0 radical (unpaired) electrons. The van der Waals surface area contributed by atoms with Crippen LogP contribution in [0.1, 0.15) is 46.9 Å². The van der Waals surface area contributed by atoms with E-state index < -0.39 is 23.8 Å². The molecule has 1 aliphatic rings. The molecule has 1 aliphatic heterocycles. The highest BCUT2D eigenvalue weighted by atomic mass is 35.5. The van der Waals surface area contributed by atoms with E-state index in [1.807, 2.05) is 6.92 Å². The molecule has 5 nitrogen and oxygen atoms in total. The quantitative estimate of drug-likeness (QED) is 0.783. The van der Waals surface area contributed by atoms with Gasteiger partial charge in [0.1, 0.15) is 17.9 Å². The van der Waals surface area contributed by atoms with Gasteiger partial charge in [-0.1, -0.05) is 31.9 Å². The summed E-state index contributed by atoms with van der Waals surface area (Å²) in [6.07, 6.45) is 1.85. The zero-order valence-electron chi connectivity index (χ0n) is 11.0. The molecule has 0 saturated heterocycles. The Morgan fingerprint density at radius 3 is 2.25 bits per heavy atom. The van der Waals surface area contributed by atoms with Crippen LogP contribution in [0.25, 0.3) is 0 Å². The van der Waals surface area contributed by atoms with E-state index >= 15 is 0 Å². The van der Waals surface area contributed by atoms with Crippen molar-refractivity contribution in [3.05, 3.63) is 35.4 Å². The van der Waals surface area contributed by atoms with Crippen molar-refractivity contribution in [2.45, 2.75) is 32.2 Å². The predicted molar refractivity (Wildman–Crippen MR) is 72.2 cm³/mol. The van der Waals surface area contributed by atoms with Gasteiger partial charge in [-0.2, -0.15) is 0 Å². The summed E-state index contributed by atoms with van der Waals surface area (Å²) >= 11 is 5.11. The van der Waals surface area contributed by atoms with E-state index in [1.165, 1.54) is 0 Å². The summed E-state index contributed by atoms with van der Waals surface area (Å²) in [5, 5.41) is 0.